The van der Waals surface area contributed by atoms with Crippen LogP contribution in [0, 0.1) is 6.92 Å². The lowest BCUT2D eigenvalue weighted by atomic mass is 10.1. The molecule has 80 valence electrons. The summed E-state index contributed by atoms with van der Waals surface area (Å²) < 4.78 is 0. The third kappa shape index (κ3) is 1.45. The second-order valence-corrected chi connectivity index (χ2v) is 3.99. The molecule has 3 heteroatoms. The van der Waals surface area contributed by atoms with Crippen molar-refractivity contribution in [3.63, 3.8) is 0 Å². The lowest BCUT2D eigenvalue weighted by Crippen LogP contribution is -2.20. The smallest absolute Gasteiger partial charge is 0.129 e. The minimum Gasteiger partial charge on any atom is -0.368 e. The predicted octanol–water partition coefficient (Wildman–Crippen LogP) is 1.89. The largest absolute Gasteiger partial charge is 0.368 e. The highest BCUT2D eigenvalue weighted by atomic mass is 15.1. The summed E-state index contributed by atoms with van der Waals surface area (Å²) in [6.07, 6.45) is 0. The monoisotopic (exact) mass is 211 g/mol. The normalized spacial score (nSPS) is 14.9. The minimum absolute atomic E-state index is 0.866. The Bertz CT molecular complexity index is 572. The van der Waals surface area contributed by atoms with Crippen LogP contribution >= 0.6 is 0 Å². The maximum Gasteiger partial charge on any atom is 0.129 e. The van der Waals surface area contributed by atoms with Crippen LogP contribution in [0.15, 0.2) is 35.3 Å². The maximum absolute atomic E-state index is 4.52. The van der Waals surface area contributed by atoms with Gasteiger partial charge in [-0.1, -0.05) is 18.2 Å². The van der Waals surface area contributed by atoms with E-state index in [0.29, 0.717) is 0 Å². The van der Waals surface area contributed by atoms with E-state index >= 15 is 0 Å². The number of amidine groups is 1. The number of aliphatic imine (C=N–C) groups is 1. The number of pyridine rings is 1. The summed E-state index contributed by atoms with van der Waals surface area (Å²) in [7, 11) is 0. The molecule has 1 aliphatic heterocycles. The van der Waals surface area contributed by atoms with Crippen molar-refractivity contribution >= 4 is 16.7 Å². The Kier molecular flexibility index (Phi) is 2.10. The van der Waals surface area contributed by atoms with Crippen molar-refractivity contribution in [2.75, 3.05) is 13.1 Å². The summed E-state index contributed by atoms with van der Waals surface area (Å²) in [5, 5.41) is 4.48. The molecule has 0 unspecified atom stereocenters. The predicted molar refractivity (Wildman–Crippen MR) is 65.9 cm³/mol. The fourth-order valence-electron chi connectivity index (χ4n) is 2.08. The number of aryl methyl sites for hydroxylation is 1. The number of benzene rings is 1. The zero-order valence-corrected chi connectivity index (χ0v) is 9.20. The SMILES string of the molecule is Cc1cc(C2=NCCN2)c2ccccc2n1. The molecule has 0 saturated carbocycles. The van der Waals surface area contributed by atoms with Crippen LogP contribution < -0.4 is 5.32 Å². The van der Waals surface area contributed by atoms with Crippen molar-refractivity contribution in [2.45, 2.75) is 6.92 Å². The van der Waals surface area contributed by atoms with Crippen LogP contribution in [0.3, 0.4) is 0 Å². The van der Waals surface area contributed by atoms with Crippen molar-refractivity contribution in [2.24, 2.45) is 4.99 Å². The number of para-hydroxylation sites is 1. The van der Waals surface area contributed by atoms with E-state index in [9.17, 15) is 0 Å². The highest BCUT2D eigenvalue weighted by molar-refractivity contribution is 6.09. The van der Waals surface area contributed by atoms with Crippen LogP contribution in [0.5, 0.6) is 0 Å². The van der Waals surface area contributed by atoms with Gasteiger partial charge in [0.1, 0.15) is 5.84 Å². The molecular weight excluding hydrogens is 198 g/mol. The molecule has 1 aromatic carbocycles. The van der Waals surface area contributed by atoms with Crippen LogP contribution in [-0.4, -0.2) is 23.9 Å². The summed E-state index contributed by atoms with van der Waals surface area (Å²) in [6.45, 7) is 3.82. The molecule has 16 heavy (non-hydrogen) atoms. The van der Waals surface area contributed by atoms with Gasteiger partial charge in [-0.2, -0.15) is 0 Å². The number of aromatic nitrogens is 1. The van der Waals surface area contributed by atoms with Gasteiger partial charge in [0.2, 0.25) is 0 Å². The van der Waals surface area contributed by atoms with Crippen molar-refractivity contribution in [1.82, 2.24) is 10.3 Å². The summed E-state index contributed by atoms with van der Waals surface area (Å²) in [5.41, 5.74) is 3.24. The molecule has 0 fully saturated rings. The molecular formula is C13H13N3. The van der Waals surface area contributed by atoms with Crippen LogP contribution in [0.4, 0.5) is 0 Å². The van der Waals surface area contributed by atoms with Gasteiger partial charge in [0, 0.05) is 23.2 Å². The lowest BCUT2D eigenvalue weighted by molar-refractivity contribution is 0.960. The van der Waals surface area contributed by atoms with Crippen LogP contribution in [-0.2, 0) is 0 Å². The standard InChI is InChI=1S/C13H13N3/c1-9-8-11(13-14-6-7-15-13)10-4-2-3-5-12(10)16-9/h2-5,8H,6-7H2,1H3,(H,14,15). The van der Waals surface area contributed by atoms with E-state index < -0.39 is 0 Å². The van der Waals surface area contributed by atoms with Crippen molar-refractivity contribution < 1.29 is 0 Å². The van der Waals surface area contributed by atoms with Gasteiger partial charge in [-0.05, 0) is 19.1 Å². The summed E-state index contributed by atoms with van der Waals surface area (Å²) in [5.74, 6) is 1.00. The number of nitrogens with zero attached hydrogens (tertiary/aromatic N) is 2. The Hall–Kier alpha value is -1.90. The first-order chi connectivity index (χ1) is 7.84. The lowest BCUT2D eigenvalue weighted by Gasteiger charge is -2.08. The first kappa shape index (κ1) is 9.33. The van der Waals surface area contributed by atoms with Gasteiger partial charge >= 0.3 is 0 Å². The van der Waals surface area contributed by atoms with Crippen molar-refractivity contribution in [3.05, 3.63) is 41.6 Å². The molecule has 3 nitrogen and oxygen atoms in total. The van der Waals surface area contributed by atoms with E-state index in [-0.39, 0.29) is 0 Å². The second-order valence-electron chi connectivity index (χ2n) is 3.99. The van der Waals surface area contributed by atoms with Gasteiger partial charge in [0.15, 0.2) is 0 Å². The Morgan fingerprint density at radius 2 is 2.12 bits per heavy atom. The number of rotatable bonds is 1. The number of nitrogens with one attached hydrogen (secondary N) is 1. The molecule has 3 rings (SSSR count). The quantitative estimate of drug-likeness (QED) is 0.782. The maximum atomic E-state index is 4.52. The Labute approximate surface area is 94.2 Å². The molecule has 0 aliphatic carbocycles. The molecule has 0 spiro atoms. The van der Waals surface area contributed by atoms with E-state index in [4.69, 9.17) is 0 Å². The Morgan fingerprint density at radius 1 is 1.25 bits per heavy atom. The average molecular weight is 211 g/mol. The molecule has 0 atom stereocenters. The Balaban J connectivity index is 2.29. The average Bonchev–Trinajstić information content (AvgIpc) is 2.81. The fourth-order valence-corrected chi connectivity index (χ4v) is 2.08. The third-order valence-electron chi connectivity index (χ3n) is 2.77. The fraction of sp³-hybridized carbons (Fsp3) is 0.231. The zero-order chi connectivity index (χ0) is 11.0. The van der Waals surface area contributed by atoms with Crippen LogP contribution in [0.1, 0.15) is 11.3 Å². The van der Waals surface area contributed by atoms with Gasteiger partial charge < -0.3 is 5.32 Å². The van der Waals surface area contributed by atoms with Crippen LogP contribution in [0.25, 0.3) is 10.9 Å². The second kappa shape index (κ2) is 3.59. The summed E-state index contributed by atoms with van der Waals surface area (Å²) in [4.78, 5) is 9.00. The highest BCUT2D eigenvalue weighted by Crippen LogP contribution is 2.19. The molecule has 0 radical (unpaired) electrons. The van der Waals surface area contributed by atoms with Crippen molar-refractivity contribution in [1.29, 1.82) is 0 Å². The van der Waals surface area contributed by atoms with E-state index in [1.54, 1.807) is 0 Å². The van der Waals surface area contributed by atoms with Gasteiger partial charge in [-0.25, -0.2) is 0 Å². The van der Waals surface area contributed by atoms with Gasteiger partial charge in [0.05, 0.1) is 12.1 Å². The minimum atomic E-state index is 0.866. The molecule has 0 bridgehead atoms. The van der Waals surface area contributed by atoms with E-state index in [2.05, 4.69) is 27.4 Å². The molecule has 0 saturated heterocycles. The third-order valence-corrected chi connectivity index (χ3v) is 2.77. The van der Waals surface area contributed by atoms with Crippen LogP contribution in [0.2, 0.25) is 0 Å². The summed E-state index contributed by atoms with van der Waals surface area (Å²) in [6, 6.07) is 10.3. The first-order valence-corrected chi connectivity index (χ1v) is 5.50. The van der Waals surface area contributed by atoms with Gasteiger partial charge in [-0.15, -0.1) is 0 Å². The zero-order valence-electron chi connectivity index (χ0n) is 9.20. The van der Waals surface area contributed by atoms with Gasteiger partial charge in [0.25, 0.3) is 0 Å². The Morgan fingerprint density at radius 3 is 2.94 bits per heavy atom. The highest BCUT2D eigenvalue weighted by Gasteiger charge is 2.12. The van der Waals surface area contributed by atoms with E-state index in [0.717, 1.165) is 30.1 Å². The number of fused-ring (bicyclic) bond motifs is 1. The molecule has 0 amide bonds. The summed E-state index contributed by atoms with van der Waals surface area (Å²) >= 11 is 0. The molecule has 2 aromatic rings. The van der Waals surface area contributed by atoms with E-state index in [1.165, 1.54) is 10.9 Å². The first-order valence-electron chi connectivity index (χ1n) is 5.50. The molecule has 2 heterocycles. The topological polar surface area (TPSA) is 37.3 Å². The molecule has 1 aliphatic rings. The number of hydrogen-bond acceptors (Lipinski definition) is 3. The molecule has 1 aromatic heterocycles. The molecule has 1 N–H and O–H groups in total. The van der Waals surface area contributed by atoms with Gasteiger partial charge in [-0.3, -0.25) is 9.98 Å². The number of hydrogen-bond donors (Lipinski definition) is 1. The van der Waals surface area contributed by atoms with E-state index in [1.807, 2.05) is 25.1 Å². The van der Waals surface area contributed by atoms with Crippen molar-refractivity contribution in [3.8, 4) is 0 Å².